The summed E-state index contributed by atoms with van der Waals surface area (Å²) in [5.41, 5.74) is 3.96. The number of aromatic nitrogens is 2. The minimum Gasteiger partial charge on any atom is -0.347 e. The Bertz CT molecular complexity index is 713. The lowest BCUT2D eigenvalue weighted by Crippen LogP contribution is -2.25. The molecule has 0 spiro atoms. The van der Waals surface area contributed by atoms with Gasteiger partial charge in [0.2, 0.25) is 0 Å². The Kier molecular flexibility index (Phi) is 4.88. The molecule has 1 aromatic heterocycles. The van der Waals surface area contributed by atoms with Gasteiger partial charge in [-0.15, -0.1) is 0 Å². The summed E-state index contributed by atoms with van der Waals surface area (Å²) in [5, 5.41) is 7.43. The second-order valence-electron chi connectivity index (χ2n) is 8.42. The molecule has 4 heteroatoms. The maximum atomic E-state index is 12.4. The summed E-state index contributed by atoms with van der Waals surface area (Å²) in [4.78, 5) is 12.4. The number of hydrogen-bond donors (Lipinski definition) is 1. The minimum absolute atomic E-state index is 0.0704. The number of aryl methyl sites for hydroxylation is 1. The van der Waals surface area contributed by atoms with Crippen molar-refractivity contribution in [2.24, 2.45) is 7.05 Å². The Morgan fingerprint density at radius 3 is 2.08 bits per heavy atom. The molecule has 0 saturated carbocycles. The summed E-state index contributed by atoms with van der Waals surface area (Å²) >= 11 is 0. The molecule has 1 heterocycles. The number of carbonyl (C=O) groups is 1. The molecule has 2 rings (SSSR count). The SMILES string of the molecule is Cn1nc(C(C)(C)C)cc1C(=O)NCc1ccc(C(C)(C)C)cc1. The smallest absolute Gasteiger partial charge is 0.269 e. The van der Waals surface area contributed by atoms with Crippen molar-refractivity contribution in [3.63, 3.8) is 0 Å². The summed E-state index contributed by atoms with van der Waals surface area (Å²) in [6, 6.07) is 10.3. The molecule has 24 heavy (non-hydrogen) atoms. The first-order valence-electron chi connectivity index (χ1n) is 8.40. The van der Waals surface area contributed by atoms with Crippen molar-refractivity contribution >= 4 is 5.91 Å². The third kappa shape index (κ3) is 4.25. The van der Waals surface area contributed by atoms with Gasteiger partial charge in [0.15, 0.2) is 0 Å². The molecule has 2 aromatic rings. The Labute approximate surface area is 145 Å². The number of nitrogens with zero attached hydrogens (tertiary/aromatic N) is 2. The van der Waals surface area contributed by atoms with E-state index in [1.54, 1.807) is 4.68 Å². The fourth-order valence-corrected chi connectivity index (χ4v) is 2.44. The van der Waals surface area contributed by atoms with Crippen molar-refractivity contribution in [2.45, 2.75) is 58.9 Å². The van der Waals surface area contributed by atoms with Crippen LogP contribution in [0.1, 0.15) is 68.9 Å². The highest BCUT2D eigenvalue weighted by Gasteiger charge is 2.21. The van der Waals surface area contributed by atoms with Gasteiger partial charge in [0.1, 0.15) is 5.69 Å². The van der Waals surface area contributed by atoms with Gasteiger partial charge in [-0.1, -0.05) is 65.8 Å². The summed E-state index contributed by atoms with van der Waals surface area (Å²) in [5.74, 6) is -0.0969. The average Bonchev–Trinajstić information content (AvgIpc) is 2.86. The second-order valence-corrected chi connectivity index (χ2v) is 8.42. The molecule has 1 aromatic carbocycles. The maximum absolute atomic E-state index is 12.4. The molecule has 1 N–H and O–H groups in total. The van der Waals surface area contributed by atoms with E-state index in [-0.39, 0.29) is 16.7 Å². The van der Waals surface area contributed by atoms with Crippen LogP contribution >= 0.6 is 0 Å². The lowest BCUT2D eigenvalue weighted by Gasteiger charge is -2.19. The summed E-state index contributed by atoms with van der Waals surface area (Å²) in [6.07, 6.45) is 0. The van der Waals surface area contributed by atoms with Gasteiger partial charge in [-0.25, -0.2) is 0 Å². The molecule has 0 radical (unpaired) electrons. The first-order chi connectivity index (χ1) is 11.0. The van der Waals surface area contributed by atoms with E-state index >= 15 is 0 Å². The quantitative estimate of drug-likeness (QED) is 0.928. The van der Waals surface area contributed by atoms with Crippen LogP contribution in [0.4, 0.5) is 0 Å². The molecule has 4 nitrogen and oxygen atoms in total. The molecule has 0 saturated heterocycles. The third-order valence-electron chi connectivity index (χ3n) is 4.15. The van der Waals surface area contributed by atoms with Gasteiger partial charge in [0.05, 0.1) is 5.69 Å². The Hall–Kier alpha value is -2.10. The summed E-state index contributed by atoms with van der Waals surface area (Å²) in [7, 11) is 1.81. The molecule has 0 bridgehead atoms. The average molecular weight is 327 g/mol. The van der Waals surface area contributed by atoms with Crippen LogP contribution < -0.4 is 5.32 Å². The fourth-order valence-electron chi connectivity index (χ4n) is 2.44. The molecular formula is C20H29N3O. The van der Waals surface area contributed by atoms with Crippen LogP contribution in [-0.4, -0.2) is 15.7 Å². The molecular weight excluding hydrogens is 298 g/mol. The first-order valence-corrected chi connectivity index (χ1v) is 8.40. The predicted molar refractivity (Wildman–Crippen MR) is 98.2 cm³/mol. The second kappa shape index (κ2) is 6.42. The van der Waals surface area contributed by atoms with Crippen LogP contribution in [-0.2, 0) is 24.4 Å². The van der Waals surface area contributed by atoms with Gasteiger partial charge in [-0.05, 0) is 22.6 Å². The van der Waals surface area contributed by atoms with Crippen molar-refractivity contribution in [1.29, 1.82) is 0 Å². The number of amides is 1. The van der Waals surface area contributed by atoms with Crippen LogP contribution in [0, 0.1) is 0 Å². The van der Waals surface area contributed by atoms with Crippen molar-refractivity contribution in [3.8, 4) is 0 Å². The van der Waals surface area contributed by atoms with Gasteiger partial charge < -0.3 is 5.32 Å². The Morgan fingerprint density at radius 1 is 1.04 bits per heavy atom. The highest BCUT2D eigenvalue weighted by Crippen LogP contribution is 2.23. The van der Waals surface area contributed by atoms with E-state index in [2.05, 4.69) is 76.2 Å². The molecule has 0 aliphatic carbocycles. The fraction of sp³-hybridized carbons (Fsp3) is 0.500. The van der Waals surface area contributed by atoms with E-state index in [0.717, 1.165) is 11.3 Å². The van der Waals surface area contributed by atoms with E-state index in [1.807, 2.05) is 13.1 Å². The van der Waals surface area contributed by atoms with Gasteiger partial charge in [0.25, 0.3) is 5.91 Å². The zero-order chi connectivity index (χ0) is 18.1. The highest BCUT2D eigenvalue weighted by molar-refractivity contribution is 5.92. The van der Waals surface area contributed by atoms with E-state index in [4.69, 9.17) is 0 Å². The van der Waals surface area contributed by atoms with Crippen molar-refractivity contribution in [2.75, 3.05) is 0 Å². The van der Waals surface area contributed by atoms with E-state index in [0.29, 0.717) is 12.2 Å². The van der Waals surface area contributed by atoms with Gasteiger partial charge >= 0.3 is 0 Å². The summed E-state index contributed by atoms with van der Waals surface area (Å²) < 4.78 is 1.65. The number of benzene rings is 1. The largest absolute Gasteiger partial charge is 0.347 e. The molecule has 1 amide bonds. The standard InChI is InChI=1S/C20H29N3O/c1-19(2,3)15-10-8-14(9-11-15)13-21-18(24)16-12-17(20(4,5)6)22-23(16)7/h8-12H,13H2,1-7H3,(H,21,24). The third-order valence-corrected chi connectivity index (χ3v) is 4.15. The zero-order valence-corrected chi connectivity index (χ0v) is 15.9. The van der Waals surface area contributed by atoms with E-state index < -0.39 is 0 Å². The first kappa shape index (κ1) is 18.2. The molecule has 0 atom stereocenters. The van der Waals surface area contributed by atoms with E-state index in [1.165, 1.54) is 5.56 Å². The number of rotatable bonds is 3. The Morgan fingerprint density at radius 2 is 1.62 bits per heavy atom. The predicted octanol–water partition coefficient (Wildman–Crippen LogP) is 3.95. The normalized spacial score (nSPS) is 12.3. The monoisotopic (exact) mass is 327 g/mol. The van der Waals surface area contributed by atoms with Crippen LogP contribution in [0.25, 0.3) is 0 Å². The van der Waals surface area contributed by atoms with Crippen LogP contribution in [0.5, 0.6) is 0 Å². The zero-order valence-electron chi connectivity index (χ0n) is 15.9. The molecule has 130 valence electrons. The number of hydrogen-bond acceptors (Lipinski definition) is 2. The molecule has 0 aliphatic rings. The minimum atomic E-state index is -0.0969. The maximum Gasteiger partial charge on any atom is 0.269 e. The summed E-state index contributed by atoms with van der Waals surface area (Å²) in [6.45, 7) is 13.4. The van der Waals surface area contributed by atoms with Crippen molar-refractivity contribution in [3.05, 3.63) is 52.8 Å². The molecule has 0 fully saturated rings. The van der Waals surface area contributed by atoms with Crippen LogP contribution in [0.3, 0.4) is 0 Å². The highest BCUT2D eigenvalue weighted by atomic mass is 16.2. The van der Waals surface area contributed by atoms with Gasteiger partial charge in [-0.3, -0.25) is 9.48 Å². The molecule has 0 aliphatic heterocycles. The van der Waals surface area contributed by atoms with Gasteiger partial charge in [0, 0.05) is 19.0 Å². The van der Waals surface area contributed by atoms with Crippen LogP contribution in [0.15, 0.2) is 30.3 Å². The topological polar surface area (TPSA) is 46.9 Å². The van der Waals surface area contributed by atoms with Crippen molar-refractivity contribution in [1.82, 2.24) is 15.1 Å². The Balaban J connectivity index is 2.05. The van der Waals surface area contributed by atoms with Crippen molar-refractivity contribution < 1.29 is 4.79 Å². The number of nitrogens with one attached hydrogen (secondary N) is 1. The van der Waals surface area contributed by atoms with Crippen LogP contribution in [0.2, 0.25) is 0 Å². The van der Waals surface area contributed by atoms with E-state index in [9.17, 15) is 4.79 Å². The molecule has 0 unspecified atom stereocenters. The van der Waals surface area contributed by atoms with Gasteiger partial charge in [-0.2, -0.15) is 5.10 Å². The number of carbonyl (C=O) groups excluding carboxylic acids is 1. The lowest BCUT2D eigenvalue weighted by molar-refractivity contribution is 0.0941. The lowest BCUT2D eigenvalue weighted by atomic mass is 9.87.